The Morgan fingerprint density at radius 3 is 1.68 bits per heavy atom. The van der Waals surface area contributed by atoms with Gasteiger partial charge < -0.3 is 14.2 Å². The van der Waals surface area contributed by atoms with Crippen molar-refractivity contribution in [3.63, 3.8) is 0 Å². The van der Waals surface area contributed by atoms with Crippen LogP contribution < -0.4 is 14.2 Å². The molecule has 0 saturated carbocycles. The van der Waals surface area contributed by atoms with E-state index in [1.165, 1.54) is 5.56 Å². The Hall–Kier alpha value is -2.16. The highest BCUT2D eigenvalue weighted by atomic mass is 16.5. The molecular formula is C16H18O3. The summed E-state index contributed by atoms with van der Waals surface area (Å²) < 4.78 is 16.2. The topological polar surface area (TPSA) is 27.7 Å². The Labute approximate surface area is 113 Å². The van der Waals surface area contributed by atoms with Crippen LogP contribution in [-0.4, -0.2) is 21.3 Å². The van der Waals surface area contributed by atoms with E-state index < -0.39 is 0 Å². The summed E-state index contributed by atoms with van der Waals surface area (Å²) in [7, 11) is 4.91. The van der Waals surface area contributed by atoms with Crippen LogP contribution in [0.15, 0.2) is 36.4 Å². The largest absolute Gasteiger partial charge is 0.496 e. The predicted octanol–water partition coefficient (Wildman–Crippen LogP) is 3.69. The maximum atomic E-state index is 5.45. The molecule has 0 aliphatic carbocycles. The first kappa shape index (κ1) is 13.3. The van der Waals surface area contributed by atoms with Gasteiger partial charge in [0.1, 0.15) is 17.2 Å². The molecule has 0 fully saturated rings. The van der Waals surface area contributed by atoms with Crippen molar-refractivity contribution in [2.24, 2.45) is 0 Å². The second-order valence-electron chi connectivity index (χ2n) is 4.27. The van der Waals surface area contributed by atoms with Gasteiger partial charge in [-0.25, -0.2) is 0 Å². The van der Waals surface area contributed by atoms with E-state index in [0.29, 0.717) is 5.75 Å². The normalized spacial score (nSPS) is 10.1. The monoisotopic (exact) mass is 258 g/mol. The van der Waals surface area contributed by atoms with Gasteiger partial charge in [-0.3, -0.25) is 0 Å². The fourth-order valence-electron chi connectivity index (χ4n) is 2.01. The van der Waals surface area contributed by atoms with E-state index in [-0.39, 0.29) is 0 Å². The molecule has 0 saturated heterocycles. The molecule has 0 heterocycles. The van der Waals surface area contributed by atoms with Crippen LogP contribution in [0.3, 0.4) is 0 Å². The molecular weight excluding hydrogens is 240 g/mol. The van der Waals surface area contributed by atoms with Crippen LogP contribution in [0.5, 0.6) is 17.2 Å². The van der Waals surface area contributed by atoms with Gasteiger partial charge in [0, 0.05) is 12.1 Å². The second kappa shape index (κ2) is 5.65. The first-order valence-corrected chi connectivity index (χ1v) is 6.06. The molecule has 0 aromatic heterocycles. The molecule has 3 heteroatoms. The lowest BCUT2D eigenvalue weighted by atomic mass is 10.0. The molecule has 0 radical (unpaired) electrons. The Morgan fingerprint density at radius 2 is 1.26 bits per heavy atom. The first-order valence-electron chi connectivity index (χ1n) is 6.06. The van der Waals surface area contributed by atoms with Crippen molar-refractivity contribution in [3.05, 3.63) is 42.0 Å². The molecule has 0 aliphatic heterocycles. The molecule has 100 valence electrons. The maximum absolute atomic E-state index is 5.45. The number of benzene rings is 2. The quantitative estimate of drug-likeness (QED) is 0.837. The van der Waals surface area contributed by atoms with Crippen LogP contribution >= 0.6 is 0 Å². The highest BCUT2D eigenvalue weighted by Crippen LogP contribution is 2.41. The Bertz CT molecular complexity index is 534. The van der Waals surface area contributed by atoms with Crippen LogP contribution in [0.2, 0.25) is 0 Å². The van der Waals surface area contributed by atoms with E-state index in [9.17, 15) is 0 Å². The van der Waals surface area contributed by atoms with Crippen molar-refractivity contribution in [2.45, 2.75) is 6.92 Å². The molecule has 2 aromatic rings. The van der Waals surface area contributed by atoms with E-state index in [1.807, 2.05) is 12.1 Å². The van der Waals surface area contributed by atoms with Gasteiger partial charge in [-0.1, -0.05) is 29.8 Å². The zero-order valence-corrected chi connectivity index (χ0v) is 11.7. The smallest absolute Gasteiger partial charge is 0.134 e. The third kappa shape index (κ3) is 2.65. The molecule has 2 aromatic carbocycles. The lowest BCUT2D eigenvalue weighted by Crippen LogP contribution is -1.95. The number of hydrogen-bond donors (Lipinski definition) is 0. The molecule has 3 nitrogen and oxygen atoms in total. The van der Waals surface area contributed by atoms with Gasteiger partial charge in [-0.15, -0.1) is 0 Å². The molecule has 0 unspecified atom stereocenters. The molecule has 0 amide bonds. The van der Waals surface area contributed by atoms with Gasteiger partial charge in [-0.2, -0.15) is 0 Å². The molecule has 0 N–H and O–H groups in total. The SMILES string of the molecule is COc1cc(OC)c(-c2ccc(C)cc2)c(OC)c1. The summed E-state index contributed by atoms with van der Waals surface area (Å²) >= 11 is 0. The van der Waals surface area contributed by atoms with E-state index in [4.69, 9.17) is 14.2 Å². The van der Waals surface area contributed by atoms with E-state index in [1.54, 1.807) is 21.3 Å². The predicted molar refractivity (Wildman–Crippen MR) is 76.3 cm³/mol. The Morgan fingerprint density at radius 1 is 0.737 bits per heavy atom. The van der Waals surface area contributed by atoms with Crippen LogP contribution in [0.4, 0.5) is 0 Å². The average molecular weight is 258 g/mol. The van der Waals surface area contributed by atoms with Gasteiger partial charge in [-0.05, 0) is 12.5 Å². The first-order chi connectivity index (χ1) is 9.19. The summed E-state index contributed by atoms with van der Waals surface area (Å²) in [6.07, 6.45) is 0. The zero-order valence-electron chi connectivity index (χ0n) is 11.7. The van der Waals surface area contributed by atoms with Crippen molar-refractivity contribution in [3.8, 4) is 28.4 Å². The van der Waals surface area contributed by atoms with Crippen molar-refractivity contribution in [1.29, 1.82) is 0 Å². The number of rotatable bonds is 4. The zero-order chi connectivity index (χ0) is 13.8. The van der Waals surface area contributed by atoms with Crippen molar-refractivity contribution < 1.29 is 14.2 Å². The molecule has 19 heavy (non-hydrogen) atoms. The van der Waals surface area contributed by atoms with Crippen LogP contribution in [0.1, 0.15) is 5.56 Å². The van der Waals surface area contributed by atoms with Gasteiger partial charge in [0.2, 0.25) is 0 Å². The molecule has 0 aliphatic rings. The minimum Gasteiger partial charge on any atom is -0.496 e. The van der Waals surface area contributed by atoms with Crippen LogP contribution in [-0.2, 0) is 0 Å². The number of methoxy groups -OCH3 is 3. The summed E-state index contributed by atoms with van der Waals surface area (Å²) in [4.78, 5) is 0. The second-order valence-corrected chi connectivity index (χ2v) is 4.27. The minimum atomic E-state index is 0.713. The van der Waals surface area contributed by atoms with Gasteiger partial charge >= 0.3 is 0 Å². The van der Waals surface area contributed by atoms with Crippen molar-refractivity contribution >= 4 is 0 Å². The highest BCUT2D eigenvalue weighted by Gasteiger charge is 2.14. The van der Waals surface area contributed by atoms with Gasteiger partial charge in [0.25, 0.3) is 0 Å². The van der Waals surface area contributed by atoms with E-state index in [2.05, 4.69) is 31.2 Å². The van der Waals surface area contributed by atoms with Gasteiger partial charge in [0.05, 0.1) is 26.9 Å². The third-order valence-corrected chi connectivity index (χ3v) is 3.06. The number of ether oxygens (including phenoxy) is 3. The Balaban J connectivity index is 2.63. The average Bonchev–Trinajstić information content (AvgIpc) is 2.46. The van der Waals surface area contributed by atoms with Crippen molar-refractivity contribution in [1.82, 2.24) is 0 Å². The fraction of sp³-hybridized carbons (Fsp3) is 0.250. The summed E-state index contributed by atoms with van der Waals surface area (Å²) in [5, 5.41) is 0. The van der Waals surface area contributed by atoms with Crippen LogP contribution in [0.25, 0.3) is 11.1 Å². The minimum absolute atomic E-state index is 0.713. The summed E-state index contributed by atoms with van der Waals surface area (Å²) in [5.41, 5.74) is 3.21. The fourth-order valence-corrected chi connectivity index (χ4v) is 2.01. The highest BCUT2D eigenvalue weighted by molar-refractivity contribution is 5.78. The molecule has 0 atom stereocenters. The maximum Gasteiger partial charge on any atom is 0.134 e. The van der Waals surface area contributed by atoms with E-state index in [0.717, 1.165) is 22.6 Å². The number of aryl methyl sites for hydroxylation is 1. The standard InChI is InChI=1S/C16H18O3/c1-11-5-7-12(8-6-11)16-14(18-3)9-13(17-2)10-15(16)19-4/h5-10H,1-4H3. The van der Waals surface area contributed by atoms with E-state index >= 15 is 0 Å². The molecule has 0 bridgehead atoms. The third-order valence-electron chi connectivity index (χ3n) is 3.06. The lowest BCUT2D eigenvalue weighted by Gasteiger charge is -2.15. The van der Waals surface area contributed by atoms with Crippen molar-refractivity contribution in [2.75, 3.05) is 21.3 Å². The molecule has 2 rings (SSSR count). The summed E-state index contributed by atoms with van der Waals surface area (Å²) in [6.45, 7) is 2.06. The number of hydrogen-bond acceptors (Lipinski definition) is 3. The molecule has 0 spiro atoms. The Kier molecular flexibility index (Phi) is 3.95. The lowest BCUT2D eigenvalue weighted by molar-refractivity contribution is 0.377. The summed E-state index contributed by atoms with van der Waals surface area (Å²) in [6, 6.07) is 12.0. The summed E-state index contributed by atoms with van der Waals surface area (Å²) in [5.74, 6) is 2.18. The van der Waals surface area contributed by atoms with Gasteiger partial charge in [0.15, 0.2) is 0 Å². The van der Waals surface area contributed by atoms with Crippen LogP contribution in [0, 0.1) is 6.92 Å².